The second kappa shape index (κ2) is 9.73. The lowest BCUT2D eigenvalue weighted by Gasteiger charge is -2.17. The van der Waals surface area contributed by atoms with Gasteiger partial charge in [-0.2, -0.15) is 16.9 Å². The van der Waals surface area contributed by atoms with Crippen molar-refractivity contribution >= 4 is 23.3 Å². The smallest absolute Gasteiger partial charge is 0.267 e. The Morgan fingerprint density at radius 2 is 1.94 bits per heavy atom. The lowest BCUT2D eigenvalue weighted by Crippen LogP contribution is -2.36. The van der Waals surface area contributed by atoms with E-state index in [1.807, 2.05) is 35.1 Å². The van der Waals surface area contributed by atoms with Crippen molar-refractivity contribution < 1.29 is 9.18 Å². The standard InChI is InChI=1S/C22H21FN6O2S/c1-32-13-11-18(22-26-25-19-8-4-5-12-28(19)22)24-20(30)14-29-21(31)10-9-17(27-29)15-6-2-3-7-16(15)23/h2-10,12,18H,11,13-14H2,1H3,(H,24,30)/t18-/m0/s1. The van der Waals surface area contributed by atoms with Gasteiger partial charge in [0.15, 0.2) is 11.5 Å². The summed E-state index contributed by atoms with van der Waals surface area (Å²) >= 11 is 1.66. The normalized spacial score (nSPS) is 12.1. The molecule has 1 N–H and O–H groups in total. The first kappa shape index (κ1) is 21.7. The molecule has 1 amide bonds. The van der Waals surface area contributed by atoms with Crippen LogP contribution < -0.4 is 10.9 Å². The molecule has 0 saturated carbocycles. The van der Waals surface area contributed by atoms with Crippen molar-refractivity contribution in [2.45, 2.75) is 19.0 Å². The summed E-state index contributed by atoms with van der Waals surface area (Å²) in [6, 6.07) is 14.0. The maximum atomic E-state index is 14.1. The summed E-state index contributed by atoms with van der Waals surface area (Å²) in [4.78, 5) is 25.1. The van der Waals surface area contributed by atoms with Gasteiger partial charge < -0.3 is 5.32 Å². The molecule has 4 rings (SSSR count). The van der Waals surface area contributed by atoms with Crippen molar-refractivity contribution in [2.24, 2.45) is 0 Å². The molecule has 0 radical (unpaired) electrons. The third-order valence-electron chi connectivity index (χ3n) is 4.91. The maximum Gasteiger partial charge on any atom is 0.267 e. The number of benzene rings is 1. The number of nitrogens with one attached hydrogen (secondary N) is 1. The zero-order valence-electron chi connectivity index (χ0n) is 17.3. The number of amides is 1. The van der Waals surface area contributed by atoms with Crippen molar-refractivity contribution in [3.8, 4) is 11.3 Å². The predicted octanol–water partition coefficient (Wildman–Crippen LogP) is 2.70. The van der Waals surface area contributed by atoms with E-state index in [9.17, 15) is 14.0 Å². The third-order valence-corrected chi connectivity index (χ3v) is 5.55. The first-order valence-corrected chi connectivity index (χ1v) is 11.4. The number of halogens is 1. The SMILES string of the molecule is CSCC[C@H](NC(=O)Cn1nc(-c2ccccc2F)ccc1=O)c1nnc2ccccn12. The Hall–Kier alpha value is -3.53. The van der Waals surface area contributed by atoms with Crippen molar-refractivity contribution in [2.75, 3.05) is 12.0 Å². The molecule has 0 spiro atoms. The summed E-state index contributed by atoms with van der Waals surface area (Å²) in [5.74, 6) is 0.561. The van der Waals surface area contributed by atoms with E-state index in [0.29, 0.717) is 17.9 Å². The molecule has 0 aliphatic rings. The van der Waals surface area contributed by atoms with Crippen LogP contribution in [0.1, 0.15) is 18.3 Å². The van der Waals surface area contributed by atoms with E-state index in [1.54, 1.807) is 30.0 Å². The van der Waals surface area contributed by atoms with E-state index in [-0.39, 0.29) is 17.8 Å². The van der Waals surface area contributed by atoms with Gasteiger partial charge in [-0.3, -0.25) is 14.0 Å². The fourth-order valence-corrected chi connectivity index (χ4v) is 3.82. The van der Waals surface area contributed by atoms with E-state index in [0.717, 1.165) is 10.4 Å². The molecule has 0 saturated heterocycles. The third kappa shape index (κ3) is 4.70. The molecule has 0 unspecified atom stereocenters. The largest absolute Gasteiger partial charge is 0.344 e. The fraction of sp³-hybridized carbons (Fsp3) is 0.227. The monoisotopic (exact) mass is 452 g/mol. The quantitative estimate of drug-likeness (QED) is 0.442. The van der Waals surface area contributed by atoms with E-state index in [2.05, 4.69) is 20.6 Å². The molecule has 3 heterocycles. The van der Waals surface area contributed by atoms with Crippen LogP contribution in [0.2, 0.25) is 0 Å². The molecule has 32 heavy (non-hydrogen) atoms. The van der Waals surface area contributed by atoms with E-state index >= 15 is 0 Å². The lowest BCUT2D eigenvalue weighted by atomic mass is 10.1. The number of rotatable bonds is 8. The van der Waals surface area contributed by atoms with Crippen LogP contribution in [-0.2, 0) is 11.3 Å². The molecular weight excluding hydrogens is 431 g/mol. The second-order valence-corrected chi connectivity index (χ2v) is 8.07. The highest BCUT2D eigenvalue weighted by Crippen LogP contribution is 2.20. The minimum Gasteiger partial charge on any atom is -0.344 e. The van der Waals surface area contributed by atoms with Crippen LogP contribution in [0.5, 0.6) is 0 Å². The highest BCUT2D eigenvalue weighted by Gasteiger charge is 2.21. The molecule has 0 aliphatic heterocycles. The molecule has 164 valence electrons. The molecule has 0 bridgehead atoms. The lowest BCUT2D eigenvalue weighted by molar-refractivity contribution is -0.122. The second-order valence-electron chi connectivity index (χ2n) is 7.08. The highest BCUT2D eigenvalue weighted by molar-refractivity contribution is 7.98. The first-order valence-electron chi connectivity index (χ1n) is 9.98. The van der Waals surface area contributed by atoms with E-state index in [1.165, 1.54) is 18.2 Å². The molecular formula is C22H21FN6O2S. The summed E-state index contributed by atoms with van der Waals surface area (Å²) in [7, 11) is 0. The van der Waals surface area contributed by atoms with Crippen LogP contribution in [0.3, 0.4) is 0 Å². The Labute approximate surface area is 187 Å². The fourth-order valence-electron chi connectivity index (χ4n) is 3.35. The first-order chi connectivity index (χ1) is 15.6. The van der Waals surface area contributed by atoms with Gasteiger partial charge in [0, 0.05) is 17.8 Å². The average Bonchev–Trinajstić information content (AvgIpc) is 3.23. The number of aromatic nitrogens is 5. The molecule has 1 atom stereocenters. The number of nitrogens with zero attached hydrogens (tertiary/aromatic N) is 5. The van der Waals surface area contributed by atoms with Crippen LogP contribution >= 0.6 is 11.8 Å². The number of pyridine rings is 1. The van der Waals surface area contributed by atoms with Gasteiger partial charge in [0.1, 0.15) is 12.4 Å². The predicted molar refractivity (Wildman–Crippen MR) is 121 cm³/mol. The zero-order chi connectivity index (χ0) is 22.5. The molecule has 10 heteroatoms. The van der Waals surface area contributed by atoms with Crippen molar-refractivity contribution in [1.29, 1.82) is 0 Å². The average molecular weight is 453 g/mol. The molecule has 4 aromatic rings. The van der Waals surface area contributed by atoms with Gasteiger partial charge in [-0.1, -0.05) is 18.2 Å². The van der Waals surface area contributed by atoms with Gasteiger partial charge in [0.05, 0.1) is 11.7 Å². The van der Waals surface area contributed by atoms with Crippen molar-refractivity contribution in [3.63, 3.8) is 0 Å². The minimum absolute atomic E-state index is 0.259. The highest BCUT2D eigenvalue weighted by atomic mass is 32.2. The maximum absolute atomic E-state index is 14.1. The van der Waals surface area contributed by atoms with Gasteiger partial charge in [0.2, 0.25) is 5.91 Å². The van der Waals surface area contributed by atoms with Crippen molar-refractivity contribution in [1.82, 2.24) is 29.7 Å². The summed E-state index contributed by atoms with van der Waals surface area (Å²) in [5, 5.41) is 15.5. The Kier molecular flexibility index (Phi) is 6.60. The van der Waals surface area contributed by atoms with Gasteiger partial charge in [-0.25, -0.2) is 9.07 Å². The van der Waals surface area contributed by atoms with Gasteiger partial charge in [-0.15, -0.1) is 10.2 Å². The summed E-state index contributed by atoms with van der Waals surface area (Å²) in [5.41, 5.74) is 0.766. The minimum atomic E-state index is -0.453. The van der Waals surface area contributed by atoms with Gasteiger partial charge in [-0.05, 0) is 48.8 Å². The number of hydrogen-bond donors (Lipinski definition) is 1. The molecule has 0 aliphatic carbocycles. The topological polar surface area (TPSA) is 94.2 Å². The number of carbonyl (C=O) groups excluding carboxylic acids is 1. The van der Waals surface area contributed by atoms with Crippen LogP contribution in [0.4, 0.5) is 4.39 Å². The van der Waals surface area contributed by atoms with Crippen LogP contribution in [0, 0.1) is 5.82 Å². The van der Waals surface area contributed by atoms with Gasteiger partial charge >= 0.3 is 0 Å². The van der Waals surface area contributed by atoms with E-state index < -0.39 is 23.3 Å². The van der Waals surface area contributed by atoms with E-state index in [4.69, 9.17) is 0 Å². The Morgan fingerprint density at radius 3 is 2.75 bits per heavy atom. The summed E-state index contributed by atoms with van der Waals surface area (Å²) in [6.07, 6.45) is 4.46. The molecule has 1 aromatic carbocycles. The van der Waals surface area contributed by atoms with Crippen LogP contribution in [0.15, 0.2) is 65.6 Å². The van der Waals surface area contributed by atoms with Crippen LogP contribution in [-0.4, -0.2) is 42.3 Å². The Morgan fingerprint density at radius 1 is 1.12 bits per heavy atom. The van der Waals surface area contributed by atoms with Crippen molar-refractivity contribution in [3.05, 3.63) is 82.8 Å². The summed E-state index contributed by atoms with van der Waals surface area (Å²) < 4.78 is 17.0. The molecule has 8 nitrogen and oxygen atoms in total. The zero-order valence-corrected chi connectivity index (χ0v) is 18.1. The number of hydrogen-bond acceptors (Lipinski definition) is 6. The molecule has 3 aromatic heterocycles. The molecule has 0 fully saturated rings. The Bertz CT molecular complexity index is 1300. The summed E-state index contributed by atoms with van der Waals surface area (Å²) in [6.45, 7) is -0.298. The number of carbonyl (C=O) groups is 1. The van der Waals surface area contributed by atoms with Crippen LogP contribution in [0.25, 0.3) is 16.9 Å². The number of fused-ring (bicyclic) bond motifs is 1. The number of thioether (sulfide) groups is 1. The van der Waals surface area contributed by atoms with Gasteiger partial charge in [0.25, 0.3) is 5.56 Å². The Balaban J connectivity index is 1.57.